The van der Waals surface area contributed by atoms with Crippen LogP contribution in [0.5, 0.6) is 0 Å². The van der Waals surface area contributed by atoms with Gasteiger partial charge in [0, 0.05) is 17.4 Å². The van der Waals surface area contributed by atoms with Crippen molar-refractivity contribution in [1.82, 2.24) is 4.98 Å². The van der Waals surface area contributed by atoms with Crippen molar-refractivity contribution in [3.05, 3.63) is 40.4 Å². The number of aliphatic carboxylic acids is 1. The Labute approximate surface area is 110 Å². The number of aromatic nitrogens is 1. The average Bonchev–Trinajstić information content (AvgIpc) is 2.78. The van der Waals surface area contributed by atoms with Gasteiger partial charge in [0.1, 0.15) is 5.01 Å². The quantitative estimate of drug-likeness (QED) is 0.917. The van der Waals surface area contributed by atoms with Gasteiger partial charge in [0.05, 0.1) is 12.1 Å². The lowest BCUT2D eigenvalue weighted by atomic mass is 10.1. The number of carbonyl (C=O) groups is 1. The van der Waals surface area contributed by atoms with E-state index in [4.69, 9.17) is 5.11 Å². The smallest absolute Gasteiger partial charge is 0.303 e. The maximum Gasteiger partial charge on any atom is 0.303 e. The van der Waals surface area contributed by atoms with E-state index >= 15 is 0 Å². The molecule has 1 N–H and O–H groups in total. The van der Waals surface area contributed by atoms with E-state index in [9.17, 15) is 4.79 Å². The summed E-state index contributed by atoms with van der Waals surface area (Å²) in [6.07, 6.45) is 0.632. The largest absolute Gasteiger partial charge is 0.481 e. The summed E-state index contributed by atoms with van der Waals surface area (Å²) >= 11 is 1.57. The molecule has 0 saturated heterocycles. The third-order valence-electron chi connectivity index (χ3n) is 2.77. The number of carboxylic acids is 1. The Bertz CT molecular complexity index is 575. The van der Waals surface area contributed by atoms with Crippen LogP contribution < -0.4 is 0 Å². The number of aryl methyl sites for hydroxylation is 3. The number of benzene rings is 1. The molecule has 0 aliphatic heterocycles. The van der Waals surface area contributed by atoms with Gasteiger partial charge < -0.3 is 5.11 Å². The van der Waals surface area contributed by atoms with Crippen LogP contribution in [0.25, 0.3) is 10.6 Å². The summed E-state index contributed by atoms with van der Waals surface area (Å²) < 4.78 is 0. The Hall–Kier alpha value is -1.68. The van der Waals surface area contributed by atoms with Crippen molar-refractivity contribution in [3.8, 4) is 10.6 Å². The Morgan fingerprint density at radius 1 is 1.39 bits per heavy atom. The fraction of sp³-hybridized carbons (Fsp3) is 0.286. The van der Waals surface area contributed by atoms with Crippen LogP contribution >= 0.6 is 11.3 Å². The van der Waals surface area contributed by atoms with E-state index in [2.05, 4.69) is 37.0 Å². The Balaban J connectivity index is 2.23. The molecule has 0 unspecified atom stereocenters. The zero-order valence-electron chi connectivity index (χ0n) is 10.4. The molecule has 2 rings (SSSR count). The van der Waals surface area contributed by atoms with Crippen LogP contribution in [0, 0.1) is 13.8 Å². The predicted molar refractivity (Wildman–Crippen MR) is 73.0 cm³/mol. The number of hydrogen-bond donors (Lipinski definition) is 1. The molecule has 0 fully saturated rings. The highest BCUT2D eigenvalue weighted by molar-refractivity contribution is 7.13. The predicted octanol–water partition coefficient (Wildman–Crippen LogP) is 3.44. The molecule has 0 radical (unpaired) electrons. The minimum absolute atomic E-state index is 0.135. The minimum Gasteiger partial charge on any atom is -0.481 e. The first-order chi connectivity index (χ1) is 8.56. The molecule has 0 aliphatic rings. The molecule has 3 nitrogen and oxygen atoms in total. The van der Waals surface area contributed by atoms with E-state index in [1.54, 1.807) is 11.3 Å². The fourth-order valence-corrected chi connectivity index (χ4v) is 2.68. The zero-order valence-corrected chi connectivity index (χ0v) is 11.3. The van der Waals surface area contributed by atoms with Crippen LogP contribution in [-0.2, 0) is 11.2 Å². The van der Waals surface area contributed by atoms with E-state index in [1.807, 2.05) is 5.38 Å². The van der Waals surface area contributed by atoms with Gasteiger partial charge in [-0.15, -0.1) is 11.3 Å². The first-order valence-corrected chi connectivity index (χ1v) is 6.68. The highest BCUT2D eigenvalue weighted by Gasteiger charge is 2.08. The van der Waals surface area contributed by atoms with Crippen molar-refractivity contribution in [2.24, 2.45) is 0 Å². The fourth-order valence-electron chi connectivity index (χ4n) is 1.75. The van der Waals surface area contributed by atoms with Gasteiger partial charge in [-0.1, -0.05) is 17.7 Å². The molecule has 1 aromatic heterocycles. The molecule has 4 heteroatoms. The summed E-state index contributed by atoms with van der Waals surface area (Å²) in [7, 11) is 0. The van der Waals surface area contributed by atoms with Crippen LogP contribution in [0.4, 0.5) is 0 Å². The molecule has 0 saturated carbocycles. The average molecular weight is 261 g/mol. The van der Waals surface area contributed by atoms with Crippen molar-refractivity contribution >= 4 is 17.3 Å². The van der Waals surface area contributed by atoms with Gasteiger partial charge >= 0.3 is 5.97 Å². The number of rotatable bonds is 4. The molecule has 18 heavy (non-hydrogen) atoms. The van der Waals surface area contributed by atoms with E-state index in [0.717, 1.165) is 16.3 Å². The zero-order chi connectivity index (χ0) is 13.1. The first kappa shape index (κ1) is 12.8. The summed E-state index contributed by atoms with van der Waals surface area (Å²) in [6.45, 7) is 4.12. The second-order valence-electron chi connectivity index (χ2n) is 4.36. The van der Waals surface area contributed by atoms with Gasteiger partial charge in [-0.2, -0.15) is 0 Å². The topological polar surface area (TPSA) is 50.2 Å². The third-order valence-corrected chi connectivity index (χ3v) is 3.69. The van der Waals surface area contributed by atoms with Crippen LogP contribution in [0.1, 0.15) is 23.2 Å². The van der Waals surface area contributed by atoms with Crippen LogP contribution in [0.15, 0.2) is 23.6 Å². The van der Waals surface area contributed by atoms with Crippen molar-refractivity contribution in [3.63, 3.8) is 0 Å². The van der Waals surface area contributed by atoms with Crippen molar-refractivity contribution in [2.45, 2.75) is 26.7 Å². The molecule has 1 aromatic carbocycles. The number of nitrogens with zero attached hydrogens (tertiary/aromatic N) is 1. The summed E-state index contributed by atoms with van der Waals surface area (Å²) in [6, 6.07) is 6.29. The molecule has 0 atom stereocenters. The molecule has 0 bridgehead atoms. The summed E-state index contributed by atoms with van der Waals surface area (Å²) in [5, 5.41) is 11.6. The Kier molecular flexibility index (Phi) is 3.77. The monoisotopic (exact) mass is 261 g/mol. The van der Waals surface area contributed by atoms with E-state index < -0.39 is 5.97 Å². The van der Waals surface area contributed by atoms with Gasteiger partial charge in [0.2, 0.25) is 0 Å². The van der Waals surface area contributed by atoms with Crippen molar-refractivity contribution < 1.29 is 9.90 Å². The summed E-state index contributed by atoms with van der Waals surface area (Å²) in [5.41, 5.74) is 4.40. The Morgan fingerprint density at radius 2 is 2.17 bits per heavy atom. The standard InChI is InChI=1S/C14H15NO2S/c1-9-3-4-10(2)12(7-9)14-15-11(8-18-14)5-6-13(16)17/h3-4,7-8H,5-6H2,1-2H3,(H,16,17). The van der Waals surface area contributed by atoms with Gasteiger partial charge in [-0.05, 0) is 25.5 Å². The summed E-state index contributed by atoms with van der Waals surface area (Å²) in [4.78, 5) is 15.0. The lowest BCUT2D eigenvalue weighted by Crippen LogP contribution is -1.97. The molecular weight excluding hydrogens is 246 g/mol. The second-order valence-corrected chi connectivity index (χ2v) is 5.21. The van der Waals surface area contributed by atoms with Gasteiger partial charge in [-0.3, -0.25) is 4.79 Å². The van der Waals surface area contributed by atoms with Gasteiger partial charge in [-0.25, -0.2) is 4.98 Å². The minimum atomic E-state index is -0.781. The lowest BCUT2D eigenvalue weighted by molar-refractivity contribution is -0.136. The SMILES string of the molecule is Cc1ccc(C)c(-c2nc(CCC(=O)O)cs2)c1. The van der Waals surface area contributed by atoms with E-state index in [-0.39, 0.29) is 6.42 Å². The molecule has 0 aliphatic carbocycles. The molecule has 1 heterocycles. The number of hydrogen-bond acceptors (Lipinski definition) is 3. The lowest BCUT2D eigenvalue weighted by Gasteiger charge is -2.03. The molecule has 94 valence electrons. The number of carboxylic acid groups (broad SMARTS) is 1. The number of thiazole rings is 1. The normalized spacial score (nSPS) is 10.6. The van der Waals surface area contributed by atoms with Crippen LogP contribution in [-0.4, -0.2) is 16.1 Å². The van der Waals surface area contributed by atoms with Crippen molar-refractivity contribution in [1.29, 1.82) is 0 Å². The maximum atomic E-state index is 10.5. The van der Waals surface area contributed by atoms with Gasteiger partial charge in [0.15, 0.2) is 0 Å². The second kappa shape index (κ2) is 5.31. The summed E-state index contributed by atoms with van der Waals surface area (Å²) in [5.74, 6) is -0.781. The molecule has 0 spiro atoms. The molecular formula is C14H15NO2S. The third kappa shape index (κ3) is 2.96. The molecule has 2 aromatic rings. The van der Waals surface area contributed by atoms with Crippen LogP contribution in [0.3, 0.4) is 0 Å². The molecule has 0 amide bonds. The maximum absolute atomic E-state index is 10.5. The Morgan fingerprint density at radius 3 is 2.89 bits per heavy atom. The highest BCUT2D eigenvalue weighted by Crippen LogP contribution is 2.28. The van der Waals surface area contributed by atoms with Gasteiger partial charge in [0.25, 0.3) is 0 Å². The van der Waals surface area contributed by atoms with Crippen molar-refractivity contribution in [2.75, 3.05) is 0 Å². The van der Waals surface area contributed by atoms with E-state index in [0.29, 0.717) is 6.42 Å². The van der Waals surface area contributed by atoms with E-state index in [1.165, 1.54) is 11.1 Å². The highest BCUT2D eigenvalue weighted by atomic mass is 32.1. The first-order valence-electron chi connectivity index (χ1n) is 5.80. The van der Waals surface area contributed by atoms with Crippen LogP contribution in [0.2, 0.25) is 0 Å².